The third kappa shape index (κ3) is 1.87. The van der Waals surface area contributed by atoms with Gasteiger partial charge in [-0.1, -0.05) is 37.3 Å². The lowest BCUT2D eigenvalue weighted by Gasteiger charge is -2.51. The van der Waals surface area contributed by atoms with E-state index in [-0.39, 0.29) is 17.9 Å². The molecule has 3 aliphatic rings. The van der Waals surface area contributed by atoms with Gasteiger partial charge in [-0.15, -0.1) is 0 Å². The topological polar surface area (TPSA) is 22.3 Å². The van der Waals surface area contributed by atoms with E-state index in [1.54, 1.807) is 0 Å². The first-order chi connectivity index (χ1) is 11.2. The predicted octanol–water partition coefficient (Wildman–Crippen LogP) is 3.43. The van der Waals surface area contributed by atoms with Crippen molar-refractivity contribution in [3.05, 3.63) is 65.5 Å². The van der Waals surface area contributed by atoms with Crippen LogP contribution in [0.3, 0.4) is 0 Å². The van der Waals surface area contributed by atoms with Crippen molar-refractivity contribution in [1.82, 2.24) is 0 Å². The molecule has 2 aliphatic heterocycles. The SMILES string of the molecule is CCOC1(OCC)[C@H]2c3ccccc3[C@@H]([C@H]1C)[n+]1ccccc12. The summed E-state index contributed by atoms with van der Waals surface area (Å²) in [5.41, 5.74) is 4.05. The molecule has 0 spiro atoms. The van der Waals surface area contributed by atoms with Crippen molar-refractivity contribution in [2.24, 2.45) is 5.92 Å². The highest BCUT2D eigenvalue weighted by Gasteiger charge is 2.64. The van der Waals surface area contributed by atoms with Crippen LogP contribution in [0.5, 0.6) is 0 Å². The molecular weight excluding hydrogens is 286 g/mol. The van der Waals surface area contributed by atoms with E-state index in [0.717, 1.165) is 0 Å². The number of hydrogen-bond donors (Lipinski definition) is 0. The maximum Gasteiger partial charge on any atom is 0.194 e. The summed E-state index contributed by atoms with van der Waals surface area (Å²) in [6.45, 7) is 7.69. The van der Waals surface area contributed by atoms with Crippen molar-refractivity contribution in [3.63, 3.8) is 0 Å². The standard InChI is InChI=1S/C20H24NO2/c1-4-22-20(23-5-2)14(3)19-16-11-7-6-10-15(16)18(20)17-12-8-9-13-21(17)19/h6-14,18-19H,4-5H2,1-3H3/q+1/t14-,18+,19-/m1/s1. The quantitative estimate of drug-likeness (QED) is 0.638. The maximum atomic E-state index is 6.34. The highest BCUT2D eigenvalue weighted by Crippen LogP contribution is 2.55. The summed E-state index contributed by atoms with van der Waals surface area (Å²) < 4.78 is 15.1. The van der Waals surface area contributed by atoms with Crippen LogP contribution in [0.25, 0.3) is 0 Å². The summed E-state index contributed by atoms with van der Waals surface area (Å²) in [5.74, 6) is -0.217. The molecule has 3 heterocycles. The Balaban J connectivity index is 2.01. The summed E-state index contributed by atoms with van der Waals surface area (Å²) in [4.78, 5) is 0. The fourth-order valence-electron chi connectivity index (χ4n) is 4.66. The molecule has 3 heteroatoms. The van der Waals surface area contributed by atoms with Gasteiger partial charge in [0.05, 0.1) is 5.92 Å². The van der Waals surface area contributed by atoms with Crippen molar-refractivity contribution in [2.75, 3.05) is 13.2 Å². The van der Waals surface area contributed by atoms with E-state index in [0.29, 0.717) is 13.2 Å². The minimum atomic E-state index is -0.579. The zero-order chi connectivity index (χ0) is 16.0. The molecule has 120 valence electrons. The van der Waals surface area contributed by atoms with Crippen molar-refractivity contribution >= 4 is 0 Å². The first-order valence-corrected chi connectivity index (χ1v) is 8.61. The Morgan fingerprint density at radius 2 is 1.61 bits per heavy atom. The third-order valence-corrected chi connectivity index (χ3v) is 5.39. The fraction of sp³-hybridized carbons (Fsp3) is 0.450. The van der Waals surface area contributed by atoms with Gasteiger partial charge in [0.25, 0.3) is 0 Å². The Bertz CT molecular complexity index is 674. The van der Waals surface area contributed by atoms with E-state index < -0.39 is 5.79 Å². The normalized spacial score (nSPS) is 26.7. The summed E-state index contributed by atoms with van der Waals surface area (Å²) in [5, 5.41) is 0. The summed E-state index contributed by atoms with van der Waals surface area (Å²) in [6.07, 6.45) is 2.20. The Kier molecular flexibility index (Phi) is 3.51. The number of benzene rings is 1. The molecule has 1 aliphatic carbocycles. The Morgan fingerprint density at radius 3 is 2.30 bits per heavy atom. The van der Waals surface area contributed by atoms with Gasteiger partial charge in [-0.3, -0.25) is 0 Å². The molecule has 0 saturated heterocycles. The van der Waals surface area contributed by atoms with E-state index in [1.165, 1.54) is 16.8 Å². The van der Waals surface area contributed by atoms with Crippen molar-refractivity contribution < 1.29 is 14.0 Å². The van der Waals surface area contributed by atoms with Gasteiger partial charge in [0, 0.05) is 30.9 Å². The summed E-state index contributed by atoms with van der Waals surface area (Å²) in [6, 6.07) is 15.5. The number of fused-ring (bicyclic) bond motifs is 1. The lowest BCUT2D eigenvalue weighted by molar-refractivity contribution is -0.746. The van der Waals surface area contributed by atoms with Crippen LogP contribution in [0.15, 0.2) is 48.7 Å². The van der Waals surface area contributed by atoms with Crippen LogP contribution in [0, 0.1) is 5.92 Å². The molecule has 0 radical (unpaired) electrons. The van der Waals surface area contributed by atoms with Gasteiger partial charge in [0.1, 0.15) is 5.92 Å². The van der Waals surface area contributed by atoms with Crippen molar-refractivity contribution in [3.8, 4) is 0 Å². The molecule has 5 rings (SSSR count). The van der Waals surface area contributed by atoms with Crippen LogP contribution in [-0.4, -0.2) is 19.0 Å². The number of hydrogen-bond acceptors (Lipinski definition) is 2. The minimum Gasteiger partial charge on any atom is -0.348 e. The molecule has 2 aromatic rings. The molecule has 0 saturated carbocycles. The van der Waals surface area contributed by atoms with E-state index in [4.69, 9.17) is 9.47 Å². The molecular formula is C20H24NO2+. The van der Waals surface area contributed by atoms with Crippen LogP contribution in [0.1, 0.15) is 49.6 Å². The predicted molar refractivity (Wildman–Crippen MR) is 88.2 cm³/mol. The number of rotatable bonds is 4. The van der Waals surface area contributed by atoms with Crippen molar-refractivity contribution in [2.45, 2.75) is 38.5 Å². The molecule has 0 fully saturated rings. The second-order valence-electron chi connectivity index (χ2n) is 6.42. The Hall–Kier alpha value is -1.71. The summed E-state index contributed by atoms with van der Waals surface area (Å²) in [7, 11) is 0. The largest absolute Gasteiger partial charge is 0.348 e. The lowest BCUT2D eigenvalue weighted by Crippen LogP contribution is -2.67. The van der Waals surface area contributed by atoms with E-state index in [9.17, 15) is 0 Å². The van der Waals surface area contributed by atoms with Crippen LogP contribution < -0.4 is 4.57 Å². The molecule has 3 nitrogen and oxygen atoms in total. The monoisotopic (exact) mass is 310 g/mol. The van der Waals surface area contributed by atoms with E-state index >= 15 is 0 Å². The van der Waals surface area contributed by atoms with Gasteiger partial charge in [0.2, 0.25) is 0 Å². The molecule has 1 aromatic heterocycles. The van der Waals surface area contributed by atoms with Crippen molar-refractivity contribution in [1.29, 1.82) is 0 Å². The first kappa shape index (κ1) is 14.9. The molecule has 0 amide bonds. The molecule has 0 N–H and O–H groups in total. The van der Waals surface area contributed by atoms with Crippen LogP contribution in [0.4, 0.5) is 0 Å². The second kappa shape index (κ2) is 5.43. The fourth-order valence-corrected chi connectivity index (χ4v) is 4.66. The van der Waals surface area contributed by atoms with Gasteiger partial charge in [0.15, 0.2) is 23.7 Å². The smallest absolute Gasteiger partial charge is 0.194 e. The average molecular weight is 310 g/mol. The molecule has 23 heavy (non-hydrogen) atoms. The Labute approximate surface area is 137 Å². The molecule has 2 bridgehead atoms. The lowest BCUT2D eigenvalue weighted by atomic mass is 9.65. The Morgan fingerprint density at radius 1 is 0.957 bits per heavy atom. The first-order valence-electron chi connectivity index (χ1n) is 8.61. The maximum absolute atomic E-state index is 6.34. The van der Waals surface area contributed by atoms with Crippen LogP contribution >= 0.6 is 0 Å². The average Bonchev–Trinajstić information content (AvgIpc) is 2.58. The number of ether oxygens (including phenoxy) is 2. The van der Waals surface area contributed by atoms with E-state index in [2.05, 4.69) is 74.0 Å². The van der Waals surface area contributed by atoms with Gasteiger partial charge in [-0.05, 0) is 19.4 Å². The van der Waals surface area contributed by atoms with Gasteiger partial charge >= 0.3 is 0 Å². The highest BCUT2D eigenvalue weighted by atomic mass is 16.7. The van der Waals surface area contributed by atoms with Gasteiger partial charge in [-0.2, -0.15) is 4.57 Å². The molecule has 0 unspecified atom stereocenters. The number of nitrogens with zero attached hydrogens (tertiary/aromatic N) is 1. The second-order valence-corrected chi connectivity index (χ2v) is 6.42. The zero-order valence-electron chi connectivity index (χ0n) is 14.0. The zero-order valence-corrected chi connectivity index (χ0v) is 14.0. The third-order valence-electron chi connectivity index (χ3n) is 5.39. The van der Waals surface area contributed by atoms with Gasteiger partial charge in [-0.25, -0.2) is 0 Å². The number of aromatic nitrogens is 1. The molecule has 3 atom stereocenters. The van der Waals surface area contributed by atoms with Crippen LogP contribution in [-0.2, 0) is 9.47 Å². The highest BCUT2D eigenvalue weighted by molar-refractivity contribution is 5.44. The van der Waals surface area contributed by atoms with Gasteiger partial charge < -0.3 is 9.47 Å². The number of pyridine rings is 1. The minimum absolute atomic E-state index is 0.111. The summed E-state index contributed by atoms with van der Waals surface area (Å²) >= 11 is 0. The molecule has 1 aromatic carbocycles. The van der Waals surface area contributed by atoms with E-state index in [1.807, 2.05) is 0 Å². The van der Waals surface area contributed by atoms with Crippen LogP contribution in [0.2, 0.25) is 0 Å².